The molecular weight excluding hydrogens is 226 g/mol. The first-order valence-corrected chi connectivity index (χ1v) is 5.92. The van der Waals surface area contributed by atoms with Crippen LogP contribution in [0.15, 0.2) is 43.0 Å². The number of nitrogens with zero attached hydrogens (tertiary/aromatic N) is 1. The van der Waals surface area contributed by atoms with Crippen LogP contribution >= 0.6 is 0 Å². The number of aliphatic hydroxyl groups is 2. The Morgan fingerprint density at radius 2 is 2.06 bits per heavy atom. The van der Waals surface area contributed by atoms with Crippen molar-refractivity contribution in [3.63, 3.8) is 0 Å². The summed E-state index contributed by atoms with van der Waals surface area (Å²) in [5, 5.41) is 18.2. The van der Waals surface area contributed by atoms with Gasteiger partial charge in [-0.15, -0.1) is 6.58 Å². The van der Waals surface area contributed by atoms with Crippen molar-refractivity contribution < 1.29 is 10.2 Å². The predicted octanol–water partition coefficient (Wildman–Crippen LogP) is 0.879. The summed E-state index contributed by atoms with van der Waals surface area (Å²) < 4.78 is 0. The minimum Gasteiger partial charge on any atom is -0.394 e. The third-order valence-corrected chi connectivity index (χ3v) is 2.38. The van der Waals surface area contributed by atoms with Crippen molar-refractivity contribution in [2.45, 2.75) is 6.10 Å². The topological polar surface area (TPSA) is 43.7 Å². The van der Waals surface area contributed by atoms with Crippen LogP contribution in [0.2, 0.25) is 0 Å². The second-order valence-corrected chi connectivity index (χ2v) is 3.99. The van der Waals surface area contributed by atoms with Gasteiger partial charge >= 0.3 is 0 Å². The Balaban J connectivity index is 2.51. The zero-order valence-electron chi connectivity index (χ0n) is 10.4. The first kappa shape index (κ1) is 14.5. The lowest BCUT2D eigenvalue weighted by molar-refractivity contribution is 0.0663. The number of rotatable bonds is 6. The highest BCUT2D eigenvalue weighted by molar-refractivity contribution is 5.33. The quantitative estimate of drug-likeness (QED) is 0.577. The van der Waals surface area contributed by atoms with Crippen LogP contribution in [0.1, 0.15) is 5.56 Å². The van der Waals surface area contributed by atoms with Gasteiger partial charge in [0.15, 0.2) is 0 Å². The second kappa shape index (κ2) is 8.48. The van der Waals surface area contributed by atoms with Crippen molar-refractivity contribution in [1.29, 1.82) is 0 Å². The average molecular weight is 245 g/mol. The van der Waals surface area contributed by atoms with Gasteiger partial charge < -0.3 is 10.2 Å². The Bertz CT molecular complexity index is 405. The molecule has 0 saturated heterocycles. The highest BCUT2D eigenvalue weighted by Crippen LogP contribution is 1.96. The van der Waals surface area contributed by atoms with Crippen molar-refractivity contribution in [1.82, 2.24) is 4.90 Å². The van der Waals surface area contributed by atoms with Gasteiger partial charge in [-0.25, -0.2) is 0 Å². The minimum atomic E-state index is -0.733. The maximum atomic E-state index is 9.40. The maximum Gasteiger partial charge on any atom is 0.0897 e. The minimum absolute atomic E-state index is 0.236. The zero-order chi connectivity index (χ0) is 13.2. The van der Waals surface area contributed by atoms with E-state index in [1.807, 2.05) is 35.2 Å². The third kappa shape index (κ3) is 5.65. The van der Waals surface area contributed by atoms with Gasteiger partial charge in [-0.2, -0.15) is 0 Å². The summed E-state index contributed by atoms with van der Waals surface area (Å²) in [6.45, 7) is 5.00. The fourth-order valence-electron chi connectivity index (χ4n) is 1.52. The SMILES string of the molecule is C=CCN(CC#Cc1ccccc1)C[C@H](O)CO. The Labute approximate surface area is 108 Å². The fraction of sp³-hybridized carbons (Fsp3) is 0.333. The molecule has 1 aromatic carbocycles. The molecule has 0 heterocycles. The third-order valence-electron chi connectivity index (χ3n) is 2.38. The molecule has 0 saturated carbocycles. The molecule has 96 valence electrons. The standard InChI is InChI=1S/C15H19NO2/c1-2-10-16(12-15(18)13-17)11-6-9-14-7-4-3-5-8-14/h2-5,7-8,15,17-18H,1,10-13H2/t15-/m0/s1. The summed E-state index contributed by atoms with van der Waals surface area (Å²) in [6.07, 6.45) is 1.03. The zero-order valence-corrected chi connectivity index (χ0v) is 10.4. The molecule has 3 heteroatoms. The molecule has 1 aromatic rings. The molecule has 18 heavy (non-hydrogen) atoms. The van der Waals surface area contributed by atoms with E-state index in [2.05, 4.69) is 18.4 Å². The van der Waals surface area contributed by atoms with Gasteiger partial charge in [-0.3, -0.25) is 4.90 Å². The van der Waals surface area contributed by atoms with Crippen LogP contribution in [0, 0.1) is 11.8 Å². The highest BCUT2D eigenvalue weighted by atomic mass is 16.3. The molecule has 1 atom stereocenters. The van der Waals surface area contributed by atoms with Crippen LogP contribution in [-0.2, 0) is 0 Å². The summed E-state index contributed by atoms with van der Waals surface area (Å²) in [5.74, 6) is 6.11. The van der Waals surface area contributed by atoms with Gasteiger partial charge in [-0.1, -0.05) is 36.1 Å². The summed E-state index contributed by atoms with van der Waals surface area (Å²) in [5.41, 5.74) is 0.971. The Morgan fingerprint density at radius 1 is 1.33 bits per heavy atom. The summed E-state index contributed by atoms with van der Waals surface area (Å²) >= 11 is 0. The van der Waals surface area contributed by atoms with Crippen molar-refractivity contribution in [3.05, 3.63) is 48.6 Å². The van der Waals surface area contributed by atoms with E-state index in [0.717, 1.165) is 5.56 Å². The van der Waals surface area contributed by atoms with E-state index in [-0.39, 0.29) is 6.61 Å². The summed E-state index contributed by atoms with van der Waals surface area (Å²) in [6, 6.07) is 9.75. The van der Waals surface area contributed by atoms with Crippen molar-refractivity contribution in [3.8, 4) is 11.8 Å². The monoisotopic (exact) mass is 245 g/mol. The largest absolute Gasteiger partial charge is 0.394 e. The summed E-state index contributed by atoms with van der Waals surface area (Å²) in [4.78, 5) is 1.93. The molecule has 1 rings (SSSR count). The van der Waals surface area contributed by atoms with E-state index in [4.69, 9.17) is 5.11 Å². The van der Waals surface area contributed by atoms with E-state index in [9.17, 15) is 5.11 Å². The van der Waals surface area contributed by atoms with Gasteiger partial charge in [0.1, 0.15) is 0 Å². The molecule has 0 amide bonds. The van der Waals surface area contributed by atoms with Crippen molar-refractivity contribution >= 4 is 0 Å². The van der Waals surface area contributed by atoms with E-state index >= 15 is 0 Å². The van der Waals surface area contributed by atoms with E-state index in [1.54, 1.807) is 6.08 Å². The Hall–Kier alpha value is -1.60. The Morgan fingerprint density at radius 3 is 2.67 bits per heavy atom. The number of hydrogen-bond donors (Lipinski definition) is 2. The highest BCUT2D eigenvalue weighted by Gasteiger charge is 2.07. The first-order chi connectivity index (χ1) is 8.76. The normalized spacial score (nSPS) is 11.7. The van der Waals surface area contributed by atoms with Crippen LogP contribution in [0.5, 0.6) is 0 Å². The van der Waals surface area contributed by atoms with Crippen LogP contribution in [0.4, 0.5) is 0 Å². The number of benzene rings is 1. The molecule has 0 aliphatic carbocycles. The molecule has 0 fully saturated rings. The second-order valence-electron chi connectivity index (χ2n) is 3.99. The fourth-order valence-corrected chi connectivity index (χ4v) is 1.52. The van der Waals surface area contributed by atoms with Crippen LogP contribution in [-0.4, -0.2) is 47.5 Å². The van der Waals surface area contributed by atoms with Gasteiger partial charge in [0.05, 0.1) is 19.3 Å². The van der Waals surface area contributed by atoms with Crippen molar-refractivity contribution in [2.75, 3.05) is 26.2 Å². The molecule has 3 nitrogen and oxygen atoms in total. The average Bonchev–Trinajstić information content (AvgIpc) is 2.40. The number of aliphatic hydroxyl groups excluding tert-OH is 2. The lowest BCUT2D eigenvalue weighted by Gasteiger charge is -2.20. The summed E-state index contributed by atoms with van der Waals surface area (Å²) in [7, 11) is 0. The van der Waals surface area contributed by atoms with Crippen molar-refractivity contribution in [2.24, 2.45) is 0 Å². The maximum absolute atomic E-state index is 9.40. The molecule has 0 aliphatic rings. The van der Waals surface area contributed by atoms with Gasteiger partial charge in [0.25, 0.3) is 0 Å². The molecule has 0 spiro atoms. The van der Waals surface area contributed by atoms with Crippen LogP contribution in [0.3, 0.4) is 0 Å². The molecular formula is C15H19NO2. The van der Waals surface area contributed by atoms with Gasteiger partial charge in [-0.05, 0) is 12.1 Å². The van der Waals surface area contributed by atoms with Crippen LogP contribution in [0.25, 0.3) is 0 Å². The smallest absolute Gasteiger partial charge is 0.0897 e. The number of hydrogen-bond acceptors (Lipinski definition) is 3. The lowest BCUT2D eigenvalue weighted by Crippen LogP contribution is -2.34. The molecule has 2 N–H and O–H groups in total. The van der Waals surface area contributed by atoms with Gasteiger partial charge in [0.2, 0.25) is 0 Å². The van der Waals surface area contributed by atoms with Crippen LogP contribution < -0.4 is 0 Å². The van der Waals surface area contributed by atoms with E-state index in [0.29, 0.717) is 19.6 Å². The predicted molar refractivity (Wildman–Crippen MR) is 73.0 cm³/mol. The Kier molecular flexibility index (Phi) is 6.82. The molecule has 0 aromatic heterocycles. The van der Waals surface area contributed by atoms with Gasteiger partial charge in [0, 0.05) is 18.7 Å². The lowest BCUT2D eigenvalue weighted by atomic mass is 10.2. The first-order valence-electron chi connectivity index (χ1n) is 5.92. The van der Waals surface area contributed by atoms with E-state index in [1.165, 1.54) is 0 Å². The molecule has 0 bridgehead atoms. The molecule has 0 unspecified atom stereocenters. The molecule has 0 radical (unpaired) electrons. The van der Waals surface area contributed by atoms with E-state index < -0.39 is 6.10 Å². The molecule has 0 aliphatic heterocycles.